The number of ether oxygens (including phenoxy) is 2. The van der Waals surface area contributed by atoms with E-state index in [1.165, 1.54) is 13.2 Å². The van der Waals surface area contributed by atoms with Crippen LogP contribution in [-0.4, -0.2) is 36.5 Å². The molecule has 0 saturated heterocycles. The molecular weight excluding hydrogens is 419 g/mol. The Kier molecular flexibility index (Phi) is 6.12. The van der Waals surface area contributed by atoms with Gasteiger partial charge < -0.3 is 14.6 Å². The molecule has 1 unspecified atom stereocenters. The fraction of sp³-hybridized carbons (Fsp3) is 0.312. The van der Waals surface area contributed by atoms with Gasteiger partial charge >= 0.3 is 11.9 Å². The summed E-state index contributed by atoms with van der Waals surface area (Å²) in [5.74, 6) is -4.74. The summed E-state index contributed by atoms with van der Waals surface area (Å²) in [7, 11) is 1.38. The highest BCUT2D eigenvalue weighted by molar-refractivity contribution is 9.10. The predicted octanol–water partition coefficient (Wildman–Crippen LogP) is 3.65. The van der Waals surface area contributed by atoms with E-state index < -0.39 is 35.9 Å². The van der Waals surface area contributed by atoms with Crippen LogP contribution >= 0.6 is 27.3 Å². The van der Waals surface area contributed by atoms with Crippen molar-refractivity contribution in [3.05, 3.63) is 27.3 Å². The number of hydrogen-bond donors (Lipinski definition) is 1. The van der Waals surface area contributed by atoms with E-state index in [4.69, 9.17) is 14.6 Å². The zero-order valence-electron chi connectivity index (χ0n) is 13.3. The number of halogens is 2. The van der Waals surface area contributed by atoms with E-state index in [1.54, 1.807) is 13.0 Å². The van der Waals surface area contributed by atoms with E-state index in [2.05, 4.69) is 15.9 Å². The lowest BCUT2D eigenvalue weighted by Crippen LogP contribution is -2.28. The maximum atomic E-state index is 14.4. The quantitative estimate of drug-likeness (QED) is 0.408. The molecule has 6 nitrogen and oxygen atoms in total. The fourth-order valence-corrected chi connectivity index (χ4v) is 3.81. The van der Waals surface area contributed by atoms with Crippen molar-refractivity contribution in [1.82, 2.24) is 0 Å². The van der Waals surface area contributed by atoms with E-state index >= 15 is 0 Å². The molecule has 1 atom stereocenters. The van der Waals surface area contributed by atoms with Gasteiger partial charge in [0, 0.05) is 10.1 Å². The van der Waals surface area contributed by atoms with Gasteiger partial charge in [0.2, 0.25) is 0 Å². The Morgan fingerprint density at radius 1 is 1.36 bits per heavy atom. The van der Waals surface area contributed by atoms with Crippen LogP contribution in [0.2, 0.25) is 0 Å². The van der Waals surface area contributed by atoms with Crippen LogP contribution in [-0.2, 0) is 14.3 Å². The van der Waals surface area contributed by atoms with E-state index in [0.717, 1.165) is 11.3 Å². The van der Waals surface area contributed by atoms with Crippen LogP contribution < -0.4 is 4.74 Å². The third-order valence-corrected chi connectivity index (χ3v) is 5.23. The number of carbonyl (C=O) groups excluding carboxylic acids is 2. The highest BCUT2D eigenvalue weighted by atomic mass is 79.9. The summed E-state index contributed by atoms with van der Waals surface area (Å²) in [6.45, 7) is 1.58. The van der Waals surface area contributed by atoms with Gasteiger partial charge in [0.05, 0.1) is 29.5 Å². The third-order valence-electron chi connectivity index (χ3n) is 3.40. The Balaban J connectivity index is 2.47. The molecular formula is C16H14BrFO6S. The number of ketones is 1. The highest BCUT2D eigenvalue weighted by Crippen LogP contribution is 2.38. The SMILES string of the molecule is CCOC(=O)C(CC(=O)O)C(=O)c1cc2c(F)c(Br)c(OC)cc2s1. The van der Waals surface area contributed by atoms with Gasteiger partial charge in [-0.2, -0.15) is 0 Å². The number of thiophene rings is 1. The van der Waals surface area contributed by atoms with Crippen LogP contribution in [0.1, 0.15) is 23.0 Å². The van der Waals surface area contributed by atoms with Gasteiger partial charge in [0.1, 0.15) is 17.5 Å². The van der Waals surface area contributed by atoms with Crippen LogP contribution in [0.25, 0.3) is 10.1 Å². The van der Waals surface area contributed by atoms with Crippen LogP contribution in [0.4, 0.5) is 4.39 Å². The van der Waals surface area contributed by atoms with Crippen LogP contribution in [0.5, 0.6) is 5.75 Å². The lowest BCUT2D eigenvalue weighted by molar-refractivity contribution is -0.150. The number of hydrogen-bond acceptors (Lipinski definition) is 6. The van der Waals surface area contributed by atoms with Crippen molar-refractivity contribution >= 4 is 55.1 Å². The fourth-order valence-electron chi connectivity index (χ4n) is 2.23. The minimum absolute atomic E-state index is 0.0213. The van der Waals surface area contributed by atoms with E-state index in [1.807, 2.05) is 0 Å². The van der Waals surface area contributed by atoms with Gasteiger partial charge in [0.25, 0.3) is 0 Å². The molecule has 1 heterocycles. The molecule has 0 amide bonds. The average Bonchev–Trinajstić information content (AvgIpc) is 2.99. The molecule has 0 aliphatic rings. The molecule has 134 valence electrons. The minimum atomic E-state index is -1.47. The molecule has 25 heavy (non-hydrogen) atoms. The molecule has 0 spiro atoms. The van der Waals surface area contributed by atoms with Crippen molar-refractivity contribution in [1.29, 1.82) is 0 Å². The largest absolute Gasteiger partial charge is 0.495 e. The number of aliphatic carboxylic acids is 1. The van der Waals surface area contributed by atoms with Crippen molar-refractivity contribution in [3.63, 3.8) is 0 Å². The molecule has 1 N–H and O–H groups in total. The molecule has 0 radical (unpaired) electrons. The number of esters is 1. The first-order chi connectivity index (χ1) is 11.8. The Morgan fingerprint density at radius 3 is 2.60 bits per heavy atom. The number of benzene rings is 1. The normalized spacial score (nSPS) is 12.0. The first-order valence-corrected chi connectivity index (χ1v) is 8.79. The van der Waals surface area contributed by atoms with Crippen LogP contribution in [0.3, 0.4) is 0 Å². The van der Waals surface area contributed by atoms with E-state index in [0.29, 0.717) is 4.70 Å². The maximum Gasteiger partial charge on any atom is 0.317 e. The molecule has 0 aliphatic carbocycles. The minimum Gasteiger partial charge on any atom is -0.495 e. The van der Waals surface area contributed by atoms with Crippen molar-refractivity contribution in [3.8, 4) is 5.75 Å². The highest BCUT2D eigenvalue weighted by Gasteiger charge is 2.32. The Morgan fingerprint density at radius 2 is 2.04 bits per heavy atom. The van der Waals surface area contributed by atoms with Crippen molar-refractivity contribution < 1.29 is 33.4 Å². The summed E-state index contributed by atoms with van der Waals surface area (Å²) in [6.07, 6.45) is -0.693. The number of methoxy groups -OCH3 is 1. The van der Waals surface area contributed by atoms with Crippen molar-refractivity contribution in [2.75, 3.05) is 13.7 Å². The van der Waals surface area contributed by atoms with Gasteiger partial charge in [-0.25, -0.2) is 4.39 Å². The molecule has 0 aliphatic heterocycles. The summed E-state index contributed by atoms with van der Waals surface area (Å²) in [4.78, 5) is 35.6. The second-order valence-corrected chi connectivity index (χ2v) is 6.87. The summed E-state index contributed by atoms with van der Waals surface area (Å²) in [5.41, 5.74) is 0. The predicted molar refractivity (Wildman–Crippen MR) is 92.7 cm³/mol. The zero-order chi connectivity index (χ0) is 18.7. The van der Waals surface area contributed by atoms with Crippen LogP contribution in [0.15, 0.2) is 16.6 Å². The molecule has 2 aromatic rings. The number of carboxylic acids is 1. The first-order valence-electron chi connectivity index (χ1n) is 7.18. The summed E-state index contributed by atoms with van der Waals surface area (Å²) < 4.78 is 24.8. The number of Topliss-reactive ketones (excluding diaryl/α,β-unsaturated/α-hetero) is 1. The summed E-state index contributed by atoms with van der Waals surface area (Å²) in [6, 6.07) is 2.86. The lowest BCUT2D eigenvalue weighted by atomic mass is 9.99. The Labute approximate surface area is 154 Å². The molecule has 0 fully saturated rings. The average molecular weight is 433 g/mol. The Hall–Kier alpha value is -2.00. The second kappa shape index (κ2) is 7.92. The second-order valence-electron chi connectivity index (χ2n) is 5.00. The number of carbonyl (C=O) groups is 3. The van der Waals surface area contributed by atoms with Gasteiger partial charge in [-0.3, -0.25) is 14.4 Å². The smallest absolute Gasteiger partial charge is 0.317 e. The molecule has 9 heteroatoms. The molecule has 2 rings (SSSR count). The summed E-state index contributed by atoms with van der Waals surface area (Å²) in [5, 5.41) is 9.13. The molecule has 0 bridgehead atoms. The van der Waals surface area contributed by atoms with Gasteiger partial charge in [0.15, 0.2) is 5.78 Å². The first kappa shape index (κ1) is 19.3. The Bertz CT molecular complexity index is 847. The third kappa shape index (κ3) is 3.98. The molecule has 0 saturated carbocycles. The van der Waals surface area contributed by atoms with E-state index in [-0.39, 0.29) is 27.1 Å². The standard InChI is InChI=1S/C16H14BrFO6S/c1-3-24-16(22)8(5-12(19)20)15(21)11-4-7-10(25-11)6-9(23-2)13(17)14(7)18/h4,6,8H,3,5H2,1-2H3,(H,19,20). The summed E-state index contributed by atoms with van der Waals surface area (Å²) >= 11 is 4.04. The monoisotopic (exact) mass is 432 g/mol. The lowest BCUT2D eigenvalue weighted by Gasteiger charge is -2.11. The van der Waals surface area contributed by atoms with Crippen molar-refractivity contribution in [2.24, 2.45) is 5.92 Å². The number of fused-ring (bicyclic) bond motifs is 1. The van der Waals surface area contributed by atoms with Crippen molar-refractivity contribution in [2.45, 2.75) is 13.3 Å². The molecule has 1 aromatic heterocycles. The zero-order valence-corrected chi connectivity index (χ0v) is 15.7. The number of carboxylic acid groups (broad SMARTS) is 1. The number of rotatable bonds is 7. The topological polar surface area (TPSA) is 89.9 Å². The van der Waals surface area contributed by atoms with Gasteiger partial charge in [-0.1, -0.05) is 0 Å². The van der Waals surface area contributed by atoms with Gasteiger partial charge in [-0.15, -0.1) is 11.3 Å². The van der Waals surface area contributed by atoms with Crippen LogP contribution in [0, 0.1) is 11.7 Å². The molecule has 1 aromatic carbocycles. The van der Waals surface area contributed by atoms with E-state index in [9.17, 15) is 18.8 Å². The van der Waals surface area contributed by atoms with Gasteiger partial charge in [-0.05, 0) is 35.0 Å². The maximum absolute atomic E-state index is 14.4.